The van der Waals surface area contributed by atoms with Crippen molar-refractivity contribution in [1.82, 2.24) is 10.9 Å². The van der Waals surface area contributed by atoms with Crippen LogP contribution in [0.2, 0.25) is 0 Å². The van der Waals surface area contributed by atoms with Gasteiger partial charge >= 0.3 is 0 Å². The third-order valence-corrected chi connectivity index (χ3v) is 0.930. The highest BCUT2D eigenvalue weighted by Crippen LogP contribution is 1.77. The molecule has 1 amide bonds. The largest absolute Gasteiger partial charge is 0.491 e. The first-order valence-electron chi connectivity index (χ1n) is 3.72. The molecule has 0 unspecified atom stereocenters. The summed E-state index contributed by atoms with van der Waals surface area (Å²) in [6.45, 7) is 6.03. The quantitative estimate of drug-likeness (QED) is 0.343. The smallest absolute Gasteiger partial charge is 0.271 e. The van der Waals surface area contributed by atoms with Crippen LogP contribution in [-0.2, 0) is 9.53 Å². The van der Waals surface area contributed by atoms with E-state index < -0.39 is 0 Å². The molecule has 68 valence electrons. The van der Waals surface area contributed by atoms with Gasteiger partial charge in [-0.1, -0.05) is 19.6 Å². The number of amides is 1. The zero-order chi connectivity index (χ0) is 9.23. The minimum atomic E-state index is -0.203. The van der Waals surface area contributed by atoms with Crippen LogP contribution in [0, 0.1) is 0 Å². The molecule has 0 saturated heterocycles. The lowest BCUT2D eigenvalue weighted by Gasteiger charge is -2.03. The van der Waals surface area contributed by atoms with Crippen molar-refractivity contribution in [2.24, 2.45) is 0 Å². The van der Waals surface area contributed by atoms with Gasteiger partial charge in [-0.25, -0.2) is 5.43 Å². The third kappa shape index (κ3) is 6.82. The SMILES string of the molecule is C=C/C=C/OCC(=O)NNCC. The molecule has 0 aliphatic carbocycles. The molecule has 12 heavy (non-hydrogen) atoms. The maximum Gasteiger partial charge on any atom is 0.271 e. The standard InChI is InChI=1S/C8H14N2O2/c1-3-5-6-12-7-8(11)10-9-4-2/h3,5-6,9H,1,4,7H2,2H3,(H,10,11)/b6-5+. The molecule has 0 rings (SSSR count). The lowest BCUT2D eigenvalue weighted by molar-refractivity contribution is -0.125. The Balaban J connectivity index is 3.31. The van der Waals surface area contributed by atoms with Crippen molar-refractivity contribution >= 4 is 5.91 Å². The number of carbonyl (C=O) groups excluding carboxylic acids is 1. The molecule has 0 spiro atoms. The summed E-state index contributed by atoms with van der Waals surface area (Å²) in [5.41, 5.74) is 5.10. The number of allylic oxidation sites excluding steroid dienone is 2. The molecule has 4 nitrogen and oxygen atoms in total. The predicted molar refractivity (Wildman–Crippen MR) is 47.1 cm³/mol. The molecule has 0 bridgehead atoms. The van der Waals surface area contributed by atoms with E-state index in [-0.39, 0.29) is 12.5 Å². The average molecular weight is 170 g/mol. The van der Waals surface area contributed by atoms with E-state index in [4.69, 9.17) is 4.74 Å². The highest BCUT2D eigenvalue weighted by atomic mass is 16.5. The molecule has 0 saturated carbocycles. The van der Waals surface area contributed by atoms with Crippen LogP contribution < -0.4 is 10.9 Å². The number of nitrogens with one attached hydrogen (secondary N) is 2. The maximum atomic E-state index is 10.8. The molecule has 0 aromatic rings. The number of hydrogen-bond acceptors (Lipinski definition) is 3. The molecule has 0 atom stereocenters. The van der Waals surface area contributed by atoms with E-state index >= 15 is 0 Å². The van der Waals surface area contributed by atoms with Gasteiger partial charge in [-0.05, 0) is 6.08 Å². The Morgan fingerprint density at radius 2 is 2.42 bits per heavy atom. The number of hydrogen-bond donors (Lipinski definition) is 2. The summed E-state index contributed by atoms with van der Waals surface area (Å²) in [4.78, 5) is 10.8. The van der Waals surface area contributed by atoms with Crippen molar-refractivity contribution in [1.29, 1.82) is 0 Å². The van der Waals surface area contributed by atoms with Gasteiger partial charge < -0.3 is 4.74 Å². The number of rotatable bonds is 6. The molecule has 0 aromatic heterocycles. The number of hydrazine groups is 1. The number of carbonyl (C=O) groups is 1. The van der Waals surface area contributed by atoms with Crippen molar-refractivity contribution in [3.63, 3.8) is 0 Å². The summed E-state index contributed by atoms with van der Waals surface area (Å²) in [7, 11) is 0. The summed E-state index contributed by atoms with van der Waals surface area (Å²) in [6.07, 6.45) is 4.60. The van der Waals surface area contributed by atoms with Crippen LogP contribution in [0.3, 0.4) is 0 Å². The van der Waals surface area contributed by atoms with Crippen LogP contribution in [-0.4, -0.2) is 19.1 Å². The molecule has 0 radical (unpaired) electrons. The van der Waals surface area contributed by atoms with E-state index in [9.17, 15) is 4.79 Å². The zero-order valence-electron chi connectivity index (χ0n) is 7.17. The lowest BCUT2D eigenvalue weighted by Crippen LogP contribution is -2.39. The fourth-order valence-corrected chi connectivity index (χ4v) is 0.458. The fraction of sp³-hybridized carbons (Fsp3) is 0.375. The summed E-state index contributed by atoms with van der Waals surface area (Å²) >= 11 is 0. The van der Waals surface area contributed by atoms with E-state index in [1.54, 1.807) is 12.2 Å². The Kier molecular flexibility index (Phi) is 6.97. The van der Waals surface area contributed by atoms with Gasteiger partial charge in [-0.2, -0.15) is 0 Å². The Labute approximate surface area is 72.3 Å². The minimum absolute atomic E-state index is 0.0112. The van der Waals surface area contributed by atoms with Crippen molar-refractivity contribution in [3.05, 3.63) is 25.0 Å². The van der Waals surface area contributed by atoms with Crippen LogP contribution in [0.25, 0.3) is 0 Å². The molecule has 0 heterocycles. The van der Waals surface area contributed by atoms with Gasteiger partial charge in [-0.15, -0.1) is 0 Å². The van der Waals surface area contributed by atoms with E-state index in [0.29, 0.717) is 6.54 Å². The Morgan fingerprint density at radius 1 is 1.67 bits per heavy atom. The van der Waals surface area contributed by atoms with Gasteiger partial charge in [0.05, 0.1) is 6.26 Å². The predicted octanol–water partition coefficient (Wildman–Crippen LogP) is 0.343. The molecular formula is C8H14N2O2. The molecule has 0 aliphatic rings. The first-order chi connectivity index (χ1) is 5.81. The monoisotopic (exact) mass is 170 g/mol. The fourth-order valence-electron chi connectivity index (χ4n) is 0.458. The van der Waals surface area contributed by atoms with Gasteiger partial charge in [0.15, 0.2) is 6.61 Å². The van der Waals surface area contributed by atoms with Crippen LogP contribution in [0.4, 0.5) is 0 Å². The second-order valence-corrected chi connectivity index (χ2v) is 1.95. The number of ether oxygens (including phenoxy) is 1. The van der Waals surface area contributed by atoms with Crippen molar-refractivity contribution < 1.29 is 9.53 Å². The van der Waals surface area contributed by atoms with Crippen LogP contribution in [0.1, 0.15) is 6.92 Å². The second kappa shape index (κ2) is 7.81. The van der Waals surface area contributed by atoms with Gasteiger partial charge in [-0.3, -0.25) is 10.2 Å². The highest BCUT2D eigenvalue weighted by Gasteiger charge is 1.96. The molecule has 4 heteroatoms. The summed E-state index contributed by atoms with van der Waals surface area (Å²) < 4.78 is 4.83. The zero-order valence-corrected chi connectivity index (χ0v) is 7.17. The van der Waals surface area contributed by atoms with E-state index in [0.717, 1.165) is 0 Å². The van der Waals surface area contributed by atoms with Gasteiger partial charge in [0, 0.05) is 6.54 Å². The van der Waals surface area contributed by atoms with Crippen LogP contribution >= 0.6 is 0 Å². The first-order valence-corrected chi connectivity index (χ1v) is 3.72. The third-order valence-electron chi connectivity index (χ3n) is 0.930. The van der Waals surface area contributed by atoms with E-state index in [2.05, 4.69) is 17.4 Å². The Bertz CT molecular complexity index is 166. The summed E-state index contributed by atoms with van der Waals surface area (Å²) in [5.74, 6) is -0.203. The average Bonchev–Trinajstić information content (AvgIpc) is 2.09. The highest BCUT2D eigenvalue weighted by molar-refractivity contribution is 5.76. The molecule has 0 aliphatic heterocycles. The summed E-state index contributed by atoms with van der Waals surface area (Å²) in [6, 6.07) is 0. The van der Waals surface area contributed by atoms with Gasteiger partial charge in [0.1, 0.15) is 0 Å². The van der Waals surface area contributed by atoms with E-state index in [1.807, 2.05) is 6.92 Å². The lowest BCUT2D eigenvalue weighted by atomic mass is 10.6. The van der Waals surface area contributed by atoms with Crippen LogP contribution in [0.5, 0.6) is 0 Å². The maximum absolute atomic E-state index is 10.8. The van der Waals surface area contributed by atoms with Crippen molar-refractivity contribution in [3.8, 4) is 0 Å². The Hall–Kier alpha value is -1.29. The second-order valence-electron chi connectivity index (χ2n) is 1.95. The topological polar surface area (TPSA) is 50.4 Å². The van der Waals surface area contributed by atoms with Gasteiger partial charge in [0.2, 0.25) is 0 Å². The van der Waals surface area contributed by atoms with Crippen LogP contribution in [0.15, 0.2) is 25.0 Å². The minimum Gasteiger partial charge on any atom is -0.491 e. The molecular weight excluding hydrogens is 156 g/mol. The molecule has 2 N–H and O–H groups in total. The normalized spacial score (nSPS) is 9.75. The first kappa shape index (κ1) is 10.7. The van der Waals surface area contributed by atoms with E-state index in [1.165, 1.54) is 6.26 Å². The molecule has 0 aromatic carbocycles. The summed E-state index contributed by atoms with van der Waals surface area (Å²) in [5, 5.41) is 0. The Morgan fingerprint density at radius 3 is 3.00 bits per heavy atom. The van der Waals surface area contributed by atoms with Crippen molar-refractivity contribution in [2.45, 2.75) is 6.92 Å². The van der Waals surface area contributed by atoms with Gasteiger partial charge in [0.25, 0.3) is 5.91 Å². The molecule has 0 fully saturated rings. The van der Waals surface area contributed by atoms with Crippen molar-refractivity contribution in [2.75, 3.05) is 13.2 Å².